The summed E-state index contributed by atoms with van der Waals surface area (Å²) >= 11 is 12.2. The van der Waals surface area contributed by atoms with E-state index in [1.54, 1.807) is 24.7 Å². The summed E-state index contributed by atoms with van der Waals surface area (Å²) in [6, 6.07) is 9.10. The number of rotatable bonds is 4. The van der Waals surface area contributed by atoms with Crippen molar-refractivity contribution >= 4 is 23.2 Å². The molecule has 6 heteroatoms. The maximum Gasteiger partial charge on any atom is 0.123 e. The minimum Gasteiger partial charge on any atom is -0.467 e. The molecule has 2 N–H and O–H groups in total. The highest BCUT2D eigenvalue weighted by Crippen LogP contribution is 2.31. The lowest BCUT2D eigenvalue weighted by atomic mass is 10.1. The average Bonchev–Trinajstić information content (AvgIpc) is 3.09. The van der Waals surface area contributed by atoms with Gasteiger partial charge in [0, 0.05) is 17.1 Å². The molecule has 3 aromatic rings. The zero-order valence-electron chi connectivity index (χ0n) is 11.1. The van der Waals surface area contributed by atoms with Crippen LogP contribution in [0.2, 0.25) is 10.0 Å². The fraction of sp³-hybridized carbons (Fsp3) is 0.133. The summed E-state index contributed by atoms with van der Waals surface area (Å²) < 4.78 is 7.32. The van der Waals surface area contributed by atoms with E-state index in [2.05, 4.69) is 4.98 Å². The van der Waals surface area contributed by atoms with Gasteiger partial charge in [0.2, 0.25) is 0 Å². The van der Waals surface area contributed by atoms with Crippen LogP contribution in [0.4, 0.5) is 0 Å². The van der Waals surface area contributed by atoms with E-state index in [0.717, 1.165) is 22.7 Å². The van der Waals surface area contributed by atoms with Crippen LogP contribution in [0.15, 0.2) is 47.3 Å². The Balaban J connectivity index is 2.01. The Morgan fingerprint density at radius 2 is 2.10 bits per heavy atom. The van der Waals surface area contributed by atoms with E-state index < -0.39 is 0 Å². The minimum atomic E-state index is 0.356. The molecule has 2 heterocycles. The number of nitrogens with two attached hydrogens (primary N) is 1. The van der Waals surface area contributed by atoms with Gasteiger partial charge in [0.05, 0.1) is 35.5 Å². The molecule has 0 aliphatic rings. The van der Waals surface area contributed by atoms with Crippen LogP contribution >= 0.6 is 23.2 Å². The number of furan rings is 1. The van der Waals surface area contributed by atoms with Crippen LogP contribution in [0.3, 0.4) is 0 Å². The van der Waals surface area contributed by atoms with E-state index in [4.69, 9.17) is 33.4 Å². The van der Waals surface area contributed by atoms with Crippen molar-refractivity contribution in [2.45, 2.75) is 13.1 Å². The van der Waals surface area contributed by atoms with Crippen molar-refractivity contribution in [2.75, 3.05) is 0 Å². The van der Waals surface area contributed by atoms with Gasteiger partial charge >= 0.3 is 0 Å². The van der Waals surface area contributed by atoms with Gasteiger partial charge in [0.1, 0.15) is 5.76 Å². The zero-order chi connectivity index (χ0) is 14.8. The largest absolute Gasteiger partial charge is 0.467 e. The Bertz CT molecular complexity index is 750. The van der Waals surface area contributed by atoms with E-state index in [-0.39, 0.29) is 0 Å². The van der Waals surface area contributed by atoms with Crippen LogP contribution in [0.1, 0.15) is 11.5 Å². The summed E-state index contributed by atoms with van der Waals surface area (Å²) in [6.45, 7) is 0.937. The van der Waals surface area contributed by atoms with Crippen molar-refractivity contribution in [1.29, 1.82) is 0 Å². The Morgan fingerprint density at radius 3 is 2.76 bits per heavy atom. The first kappa shape index (κ1) is 14.2. The topological polar surface area (TPSA) is 57.0 Å². The van der Waals surface area contributed by atoms with Gasteiger partial charge in [-0.05, 0) is 30.3 Å². The van der Waals surface area contributed by atoms with Gasteiger partial charge in [0.25, 0.3) is 0 Å². The highest BCUT2D eigenvalue weighted by atomic mass is 35.5. The second-order valence-corrected chi connectivity index (χ2v) is 5.42. The lowest BCUT2D eigenvalue weighted by Gasteiger charge is -2.08. The number of imidazole rings is 1. The lowest BCUT2D eigenvalue weighted by Crippen LogP contribution is -2.08. The molecule has 0 spiro atoms. The standard InChI is InChI=1S/C15H13Cl2N3O/c16-10-3-4-12(13(17)6-10)15-14(7-18)20(9-19-15)8-11-2-1-5-21-11/h1-6,9H,7-8,18H2. The first-order valence-corrected chi connectivity index (χ1v) is 7.16. The molecule has 0 saturated heterocycles. The molecule has 21 heavy (non-hydrogen) atoms. The Hall–Kier alpha value is -1.75. The van der Waals surface area contributed by atoms with Gasteiger partial charge in [-0.15, -0.1) is 0 Å². The van der Waals surface area contributed by atoms with E-state index >= 15 is 0 Å². The second kappa shape index (κ2) is 5.93. The van der Waals surface area contributed by atoms with Crippen molar-refractivity contribution in [2.24, 2.45) is 5.73 Å². The Morgan fingerprint density at radius 1 is 1.24 bits per heavy atom. The number of nitrogens with zero attached hydrogens (tertiary/aromatic N) is 2. The third kappa shape index (κ3) is 2.83. The summed E-state index contributed by atoms with van der Waals surface area (Å²) in [7, 11) is 0. The molecule has 108 valence electrons. The lowest BCUT2D eigenvalue weighted by molar-refractivity contribution is 0.489. The highest BCUT2D eigenvalue weighted by molar-refractivity contribution is 6.36. The molecule has 4 nitrogen and oxygen atoms in total. The van der Waals surface area contributed by atoms with Crippen LogP contribution in [-0.2, 0) is 13.1 Å². The van der Waals surface area contributed by atoms with Gasteiger partial charge in [-0.25, -0.2) is 4.98 Å². The summed E-state index contributed by atoms with van der Waals surface area (Å²) in [4.78, 5) is 4.44. The van der Waals surface area contributed by atoms with Crippen molar-refractivity contribution < 1.29 is 4.42 Å². The van der Waals surface area contributed by atoms with E-state index in [9.17, 15) is 0 Å². The SMILES string of the molecule is NCc1c(-c2ccc(Cl)cc2Cl)ncn1Cc1ccco1. The molecule has 0 bridgehead atoms. The molecule has 0 unspecified atom stereocenters. The maximum atomic E-state index is 6.25. The first-order chi connectivity index (χ1) is 10.2. The van der Waals surface area contributed by atoms with E-state index in [1.807, 2.05) is 22.8 Å². The van der Waals surface area contributed by atoms with Gasteiger partial charge in [0.15, 0.2) is 0 Å². The molecule has 3 rings (SSSR count). The predicted molar refractivity (Wildman–Crippen MR) is 83.4 cm³/mol. The minimum absolute atomic E-state index is 0.356. The van der Waals surface area contributed by atoms with Gasteiger partial charge in [-0.3, -0.25) is 0 Å². The van der Waals surface area contributed by atoms with Crippen molar-refractivity contribution in [3.8, 4) is 11.3 Å². The monoisotopic (exact) mass is 321 g/mol. The molecule has 0 saturated carbocycles. The zero-order valence-corrected chi connectivity index (χ0v) is 12.6. The number of aromatic nitrogens is 2. The molecule has 0 amide bonds. The average molecular weight is 322 g/mol. The van der Waals surface area contributed by atoms with Crippen molar-refractivity contribution in [3.05, 3.63) is 64.4 Å². The summed E-state index contributed by atoms with van der Waals surface area (Å²) in [5, 5.41) is 1.15. The fourth-order valence-corrected chi connectivity index (χ4v) is 2.73. The smallest absolute Gasteiger partial charge is 0.123 e. The first-order valence-electron chi connectivity index (χ1n) is 6.41. The quantitative estimate of drug-likeness (QED) is 0.791. The van der Waals surface area contributed by atoms with Gasteiger partial charge in [-0.2, -0.15) is 0 Å². The molecule has 0 atom stereocenters. The molecule has 0 radical (unpaired) electrons. The highest BCUT2D eigenvalue weighted by Gasteiger charge is 2.15. The van der Waals surface area contributed by atoms with Gasteiger partial charge < -0.3 is 14.7 Å². The molecule has 0 fully saturated rings. The molecule has 0 aliphatic carbocycles. The number of halogens is 2. The van der Waals surface area contributed by atoms with Crippen LogP contribution in [-0.4, -0.2) is 9.55 Å². The fourth-order valence-electron chi connectivity index (χ4n) is 2.23. The van der Waals surface area contributed by atoms with Gasteiger partial charge in [-0.1, -0.05) is 23.2 Å². The summed E-state index contributed by atoms with van der Waals surface area (Å²) in [6.07, 6.45) is 3.39. The number of hydrogen-bond acceptors (Lipinski definition) is 3. The van der Waals surface area contributed by atoms with Crippen LogP contribution in [0.5, 0.6) is 0 Å². The summed E-state index contributed by atoms with van der Waals surface area (Å²) in [5.74, 6) is 0.843. The number of benzene rings is 1. The molecule has 0 aliphatic heterocycles. The van der Waals surface area contributed by atoms with Crippen LogP contribution < -0.4 is 5.73 Å². The van der Waals surface area contributed by atoms with Crippen LogP contribution in [0, 0.1) is 0 Å². The molecule has 2 aromatic heterocycles. The van der Waals surface area contributed by atoms with Crippen LogP contribution in [0.25, 0.3) is 11.3 Å². The maximum absolute atomic E-state index is 6.25. The normalized spacial score (nSPS) is 11.0. The van der Waals surface area contributed by atoms with E-state index in [0.29, 0.717) is 23.1 Å². The van der Waals surface area contributed by atoms with Crippen molar-refractivity contribution in [3.63, 3.8) is 0 Å². The molecule has 1 aromatic carbocycles. The molecular weight excluding hydrogens is 309 g/mol. The van der Waals surface area contributed by atoms with E-state index in [1.165, 1.54) is 0 Å². The summed E-state index contributed by atoms with van der Waals surface area (Å²) in [5.41, 5.74) is 8.37. The third-order valence-electron chi connectivity index (χ3n) is 3.23. The third-order valence-corrected chi connectivity index (χ3v) is 3.78. The Kier molecular flexibility index (Phi) is 4.01. The second-order valence-electron chi connectivity index (χ2n) is 4.58. The Labute approximate surface area is 132 Å². The molecular formula is C15H13Cl2N3O. The number of hydrogen-bond donors (Lipinski definition) is 1. The predicted octanol–water partition coefficient (Wildman–Crippen LogP) is 3.96. The van der Waals surface area contributed by atoms with Crippen molar-refractivity contribution in [1.82, 2.24) is 9.55 Å².